The predicted octanol–water partition coefficient (Wildman–Crippen LogP) is 1.51. The smallest absolute Gasteiger partial charge is 0.270 e. The standard InChI is InChI=1S/C15H17N3O2/c1-17-9-12(16)7-14(17)15(20)18-5-4-10-2-3-13(19)6-11(10)8-18/h2-3,6-7,9,19H,4-5,8,16H2,1H3. The molecule has 5 nitrogen and oxygen atoms in total. The van der Waals surface area contributed by atoms with Gasteiger partial charge in [0.15, 0.2) is 0 Å². The van der Waals surface area contributed by atoms with Crippen molar-refractivity contribution < 1.29 is 9.90 Å². The highest BCUT2D eigenvalue weighted by atomic mass is 16.3. The van der Waals surface area contributed by atoms with Gasteiger partial charge in [-0.15, -0.1) is 0 Å². The number of anilines is 1. The van der Waals surface area contributed by atoms with Crippen molar-refractivity contribution >= 4 is 11.6 Å². The van der Waals surface area contributed by atoms with Crippen molar-refractivity contribution in [3.05, 3.63) is 47.3 Å². The van der Waals surface area contributed by atoms with E-state index in [1.54, 1.807) is 33.9 Å². The van der Waals surface area contributed by atoms with Crippen molar-refractivity contribution in [2.24, 2.45) is 7.05 Å². The second kappa shape index (κ2) is 4.59. The predicted molar refractivity (Wildman–Crippen MR) is 76.4 cm³/mol. The molecule has 1 aromatic carbocycles. The van der Waals surface area contributed by atoms with Crippen LogP contribution < -0.4 is 5.73 Å². The average molecular weight is 271 g/mol. The molecule has 0 bridgehead atoms. The first kappa shape index (κ1) is 12.6. The third kappa shape index (κ3) is 2.11. The third-order valence-electron chi connectivity index (χ3n) is 3.73. The first-order valence-corrected chi connectivity index (χ1v) is 6.56. The van der Waals surface area contributed by atoms with E-state index in [0.717, 1.165) is 12.0 Å². The molecule has 104 valence electrons. The molecule has 1 aromatic heterocycles. The summed E-state index contributed by atoms with van der Waals surface area (Å²) in [5.41, 5.74) is 9.10. The molecule has 0 fully saturated rings. The quantitative estimate of drug-likeness (QED) is 0.826. The lowest BCUT2D eigenvalue weighted by atomic mass is 9.99. The van der Waals surface area contributed by atoms with E-state index in [1.165, 1.54) is 5.56 Å². The summed E-state index contributed by atoms with van der Waals surface area (Å²) in [6, 6.07) is 7.04. The van der Waals surface area contributed by atoms with Gasteiger partial charge in [-0.05, 0) is 35.7 Å². The highest BCUT2D eigenvalue weighted by Crippen LogP contribution is 2.24. The van der Waals surface area contributed by atoms with Crippen LogP contribution in [0.5, 0.6) is 5.75 Å². The van der Waals surface area contributed by atoms with Gasteiger partial charge in [0.1, 0.15) is 11.4 Å². The van der Waals surface area contributed by atoms with Gasteiger partial charge in [0.2, 0.25) is 0 Å². The number of aromatic nitrogens is 1. The number of phenols is 1. The third-order valence-corrected chi connectivity index (χ3v) is 3.73. The normalized spacial score (nSPS) is 14.2. The van der Waals surface area contributed by atoms with E-state index >= 15 is 0 Å². The summed E-state index contributed by atoms with van der Waals surface area (Å²) >= 11 is 0. The van der Waals surface area contributed by atoms with Crippen LogP contribution in [0.2, 0.25) is 0 Å². The van der Waals surface area contributed by atoms with Crippen molar-refractivity contribution in [2.75, 3.05) is 12.3 Å². The number of nitrogen functional groups attached to an aromatic ring is 1. The van der Waals surface area contributed by atoms with Crippen molar-refractivity contribution in [1.82, 2.24) is 9.47 Å². The molecule has 5 heteroatoms. The fourth-order valence-electron chi connectivity index (χ4n) is 2.68. The molecule has 0 spiro atoms. The number of benzene rings is 1. The molecule has 0 radical (unpaired) electrons. The molecule has 3 rings (SSSR count). The minimum Gasteiger partial charge on any atom is -0.508 e. The molecule has 2 heterocycles. The Balaban J connectivity index is 1.86. The topological polar surface area (TPSA) is 71.5 Å². The van der Waals surface area contributed by atoms with Gasteiger partial charge < -0.3 is 20.3 Å². The van der Waals surface area contributed by atoms with E-state index in [9.17, 15) is 9.90 Å². The molecule has 0 saturated heterocycles. The van der Waals surface area contributed by atoms with Crippen LogP contribution in [0, 0.1) is 0 Å². The van der Waals surface area contributed by atoms with Gasteiger partial charge in [-0.25, -0.2) is 0 Å². The zero-order valence-electron chi connectivity index (χ0n) is 11.3. The zero-order valence-corrected chi connectivity index (χ0v) is 11.3. The van der Waals surface area contributed by atoms with Crippen LogP contribution in [0.15, 0.2) is 30.5 Å². The highest BCUT2D eigenvalue weighted by Gasteiger charge is 2.23. The second-order valence-corrected chi connectivity index (χ2v) is 5.20. The number of fused-ring (bicyclic) bond motifs is 1. The SMILES string of the molecule is Cn1cc(N)cc1C(=O)N1CCc2ccc(O)cc2C1. The summed E-state index contributed by atoms with van der Waals surface area (Å²) in [7, 11) is 1.81. The summed E-state index contributed by atoms with van der Waals surface area (Å²) in [6.07, 6.45) is 2.54. The van der Waals surface area contributed by atoms with Crippen LogP contribution in [0.4, 0.5) is 5.69 Å². The molecule has 0 unspecified atom stereocenters. The number of carbonyl (C=O) groups is 1. The molecular weight excluding hydrogens is 254 g/mol. The summed E-state index contributed by atoms with van der Waals surface area (Å²) in [5, 5.41) is 9.55. The lowest BCUT2D eigenvalue weighted by Crippen LogP contribution is -2.36. The first-order valence-electron chi connectivity index (χ1n) is 6.56. The van der Waals surface area contributed by atoms with Gasteiger partial charge in [0, 0.05) is 26.3 Å². The van der Waals surface area contributed by atoms with Crippen LogP contribution in [-0.2, 0) is 20.0 Å². The number of hydrogen-bond donors (Lipinski definition) is 2. The van der Waals surface area contributed by atoms with Gasteiger partial charge in [0.05, 0.1) is 5.69 Å². The number of aromatic hydroxyl groups is 1. The monoisotopic (exact) mass is 271 g/mol. The largest absolute Gasteiger partial charge is 0.508 e. The molecule has 0 atom stereocenters. The molecule has 0 aliphatic carbocycles. The Labute approximate surface area is 117 Å². The fraction of sp³-hybridized carbons (Fsp3) is 0.267. The Hall–Kier alpha value is -2.43. The van der Waals surface area contributed by atoms with Crippen LogP contribution in [0.1, 0.15) is 21.6 Å². The molecule has 0 saturated carbocycles. The van der Waals surface area contributed by atoms with E-state index in [2.05, 4.69) is 0 Å². The average Bonchev–Trinajstić information content (AvgIpc) is 2.76. The van der Waals surface area contributed by atoms with Gasteiger partial charge >= 0.3 is 0 Å². The van der Waals surface area contributed by atoms with Crippen molar-refractivity contribution in [3.8, 4) is 5.75 Å². The Morgan fingerprint density at radius 3 is 2.80 bits per heavy atom. The van der Waals surface area contributed by atoms with Crippen molar-refractivity contribution in [1.29, 1.82) is 0 Å². The molecular formula is C15H17N3O2. The number of nitrogens with zero attached hydrogens (tertiary/aromatic N) is 2. The number of hydrogen-bond acceptors (Lipinski definition) is 3. The maximum absolute atomic E-state index is 12.5. The lowest BCUT2D eigenvalue weighted by Gasteiger charge is -2.29. The van der Waals surface area contributed by atoms with Crippen LogP contribution >= 0.6 is 0 Å². The van der Waals surface area contributed by atoms with Crippen molar-refractivity contribution in [2.45, 2.75) is 13.0 Å². The lowest BCUT2D eigenvalue weighted by molar-refractivity contribution is 0.0725. The van der Waals surface area contributed by atoms with E-state index in [-0.39, 0.29) is 11.7 Å². The number of amides is 1. The van der Waals surface area contributed by atoms with Gasteiger partial charge in [-0.2, -0.15) is 0 Å². The van der Waals surface area contributed by atoms with Gasteiger partial charge in [0.25, 0.3) is 5.91 Å². The van der Waals surface area contributed by atoms with E-state index in [0.29, 0.717) is 24.5 Å². The minimum absolute atomic E-state index is 0.0295. The van der Waals surface area contributed by atoms with E-state index in [4.69, 9.17) is 5.73 Å². The summed E-state index contributed by atoms with van der Waals surface area (Å²) < 4.78 is 1.75. The van der Waals surface area contributed by atoms with Crippen LogP contribution in [0.25, 0.3) is 0 Å². The second-order valence-electron chi connectivity index (χ2n) is 5.20. The molecule has 1 amide bonds. The van der Waals surface area contributed by atoms with Crippen LogP contribution in [-0.4, -0.2) is 27.0 Å². The van der Waals surface area contributed by atoms with Crippen molar-refractivity contribution in [3.63, 3.8) is 0 Å². The van der Waals surface area contributed by atoms with Gasteiger partial charge in [-0.1, -0.05) is 6.07 Å². The molecule has 1 aliphatic rings. The maximum atomic E-state index is 12.5. The number of aryl methyl sites for hydroxylation is 1. The van der Waals surface area contributed by atoms with Crippen LogP contribution in [0.3, 0.4) is 0 Å². The summed E-state index contributed by atoms with van der Waals surface area (Å²) in [5.74, 6) is 0.208. The Morgan fingerprint density at radius 2 is 2.10 bits per heavy atom. The zero-order chi connectivity index (χ0) is 14.3. The Morgan fingerprint density at radius 1 is 1.30 bits per heavy atom. The number of nitrogens with two attached hydrogens (primary N) is 1. The molecule has 1 aliphatic heterocycles. The number of carbonyl (C=O) groups excluding carboxylic acids is 1. The molecule has 3 N–H and O–H groups in total. The summed E-state index contributed by atoms with van der Waals surface area (Å²) in [6.45, 7) is 1.20. The first-order chi connectivity index (χ1) is 9.54. The molecule has 2 aromatic rings. The number of rotatable bonds is 1. The van der Waals surface area contributed by atoms with E-state index in [1.807, 2.05) is 13.1 Å². The number of phenolic OH excluding ortho intramolecular Hbond substituents is 1. The molecule has 20 heavy (non-hydrogen) atoms. The van der Waals surface area contributed by atoms with E-state index < -0.39 is 0 Å². The fourth-order valence-corrected chi connectivity index (χ4v) is 2.68. The highest BCUT2D eigenvalue weighted by molar-refractivity contribution is 5.94. The maximum Gasteiger partial charge on any atom is 0.270 e. The Bertz CT molecular complexity index is 676. The Kier molecular flexibility index (Phi) is 2.89. The minimum atomic E-state index is -0.0295. The summed E-state index contributed by atoms with van der Waals surface area (Å²) in [4.78, 5) is 14.3. The van der Waals surface area contributed by atoms with Gasteiger partial charge in [-0.3, -0.25) is 4.79 Å².